The van der Waals surface area contributed by atoms with Gasteiger partial charge in [0.25, 0.3) is 0 Å². The molecule has 2 heterocycles. The highest BCUT2D eigenvalue weighted by Crippen LogP contribution is 2.31. The van der Waals surface area contributed by atoms with E-state index >= 15 is 0 Å². The number of aryl methyl sites for hydroxylation is 1. The molecule has 0 spiro atoms. The summed E-state index contributed by atoms with van der Waals surface area (Å²) < 4.78 is 29.7. The molecule has 22 heavy (non-hydrogen) atoms. The highest BCUT2D eigenvalue weighted by atomic mass is 35.5. The lowest BCUT2D eigenvalue weighted by molar-refractivity contribution is 0.310. The maximum atomic E-state index is 13.1. The maximum absolute atomic E-state index is 13.1. The van der Waals surface area contributed by atoms with Gasteiger partial charge in [-0.05, 0) is 19.9 Å². The molecule has 0 unspecified atom stereocenters. The van der Waals surface area contributed by atoms with Crippen LogP contribution in [0, 0.1) is 6.92 Å². The van der Waals surface area contributed by atoms with Crippen molar-refractivity contribution < 1.29 is 8.42 Å². The van der Waals surface area contributed by atoms with Crippen molar-refractivity contribution in [1.82, 2.24) is 14.2 Å². The van der Waals surface area contributed by atoms with Gasteiger partial charge in [0, 0.05) is 49.3 Å². The summed E-state index contributed by atoms with van der Waals surface area (Å²) in [6.07, 6.45) is 0. The Kier molecular flexibility index (Phi) is 4.87. The van der Waals surface area contributed by atoms with Gasteiger partial charge in [-0.25, -0.2) is 8.42 Å². The Balaban J connectivity index is 0.00000176. The van der Waals surface area contributed by atoms with Gasteiger partial charge in [0.15, 0.2) is 0 Å². The fourth-order valence-corrected chi connectivity index (χ4v) is 5.03. The quantitative estimate of drug-likeness (QED) is 0.906. The number of piperazine rings is 1. The van der Waals surface area contributed by atoms with Crippen molar-refractivity contribution in [2.45, 2.75) is 24.8 Å². The Labute approximate surface area is 137 Å². The molecule has 7 heteroatoms. The topological polar surface area (TPSA) is 54.3 Å². The van der Waals surface area contributed by atoms with Gasteiger partial charge in [0.1, 0.15) is 4.90 Å². The van der Waals surface area contributed by atoms with Crippen LogP contribution in [0.1, 0.15) is 12.6 Å². The van der Waals surface area contributed by atoms with Gasteiger partial charge in [0.05, 0.1) is 0 Å². The number of hydrogen-bond acceptors (Lipinski definition) is 3. The van der Waals surface area contributed by atoms with Gasteiger partial charge >= 0.3 is 0 Å². The number of sulfonamides is 1. The molecule has 1 aromatic heterocycles. The summed E-state index contributed by atoms with van der Waals surface area (Å²) in [6, 6.07) is 7.86. The molecule has 122 valence electrons. The second-order valence-corrected chi connectivity index (χ2v) is 7.58. The number of nitrogens with one attached hydrogen (secondary N) is 1. The molecule has 1 N–H and O–H groups in total. The van der Waals surface area contributed by atoms with Crippen LogP contribution in [0.5, 0.6) is 0 Å². The van der Waals surface area contributed by atoms with E-state index in [9.17, 15) is 8.42 Å². The first-order valence-corrected chi connectivity index (χ1v) is 8.64. The van der Waals surface area contributed by atoms with E-state index in [2.05, 4.69) is 5.32 Å². The number of hydrogen-bond donors (Lipinski definition) is 1. The van der Waals surface area contributed by atoms with Gasteiger partial charge < -0.3 is 9.88 Å². The average molecular weight is 344 g/mol. The third-order valence-electron chi connectivity index (χ3n) is 4.27. The predicted octanol–water partition coefficient (Wildman–Crippen LogP) is 1.89. The Hall–Kier alpha value is -1.08. The number of para-hydroxylation sites is 1. The van der Waals surface area contributed by atoms with Crippen LogP contribution in [0.15, 0.2) is 29.2 Å². The number of halogens is 1. The van der Waals surface area contributed by atoms with Gasteiger partial charge in [0.2, 0.25) is 10.0 Å². The van der Waals surface area contributed by atoms with E-state index < -0.39 is 10.0 Å². The van der Waals surface area contributed by atoms with Crippen molar-refractivity contribution >= 4 is 33.3 Å². The standard InChI is InChI=1S/C15H21N3O2S.ClH/c1-11-10-18(9-8-16-11)21(19,20)15-12(2)17(3)14-7-5-4-6-13(14)15;/h4-7,11,16H,8-10H2,1-3H3;1H/t11-;/m1./s1. The lowest BCUT2D eigenvalue weighted by atomic mass is 10.2. The molecular formula is C15H22ClN3O2S. The third-order valence-corrected chi connectivity index (χ3v) is 6.31. The number of benzene rings is 1. The molecule has 1 aliphatic heterocycles. The van der Waals surface area contributed by atoms with Crippen molar-refractivity contribution in [2.24, 2.45) is 7.05 Å². The lowest BCUT2D eigenvalue weighted by Crippen LogP contribution is -2.51. The Morgan fingerprint density at radius 3 is 2.64 bits per heavy atom. The summed E-state index contributed by atoms with van der Waals surface area (Å²) in [4.78, 5) is 0.453. The van der Waals surface area contributed by atoms with E-state index in [1.165, 1.54) is 0 Å². The molecular weight excluding hydrogens is 322 g/mol. The zero-order valence-electron chi connectivity index (χ0n) is 13.0. The summed E-state index contributed by atoms with van der Waals surface area (Å²) in [5.74, 6) is 0. The first kappa shape index (κ1) is 17.3. The van der Waals surface area contributed by atoms with Crippen molar-refractivity contribution in [3.63, 3.8) is 0 Å². The second kappa shape index (κ2) is 6.20. The van der Waals surface area contributed by atoms with Crippen molar-refractivity contribution in [1.29, 1.82) is 0 Å². The molecule has 0 radical (unpaired) electrons. The average Bonchev–Trinajstić information content (AvgIpc) is 2.72. The van der Waals surface area contributed by atoms with Crippen LogP contribution in [0.3, 0.4) is 0 Å². The molecule has 5 nitrogen and oxygen atoms in total. The fraction of sp³-hybridized carbons (Fsp3) is 0.467. The van der Waals surface area contributed by atoms with Crippen LogP contribution in [0.25, 0.3) is 10.9 Å². The van der Waals surface area contributed by atoms with E-state index in [1.807, 2.05) is 49.7 Å². The molecule has 0 amide bonds. The molecule has 1 fully saturated rings. The highest BCUT2D eigenvalue weighted by molar-refractivity contribution is 7.89. The summed E-state index contributed by atoms with van der Waals surface area (Å²) in [6.45, 7) is 5.63. The lowest BCUT2D eigenvalue weighted by Gasteiger charge is -2.31. The van der Waals surface area contributed by atoms with Gasteiger partial charge in [-0.2, -0.15) is 4.31 Å². The molecule has 1 atom stereocenters. The molecule has 1 saturated heterocycles. The first-order chi connectivity index (χ1) is 9.93. The van der Waals surface area contributed by atoms with E-state index in [4.69, 9.17) is 0 Å². The smallest absolute Gasteiger partial charge is 0.245 e. The Bertz CT molecular complexity index is 785. The van der Waals surface area contributed by atoms with Crippen LogP contribution in [0.4, 0.5) is 0 Å². The predicted molar refractivity (Wildman–Crippen MR) is 91.1 cm³/mol. The monoisotopic (exact) mass is 343 g/mol. The SMILES string of the molecule is Cc1c(S(=O)(=O)N2CCN[C@H](C)C2)c2ccccc2n1C.Cl. The minimum Gasteiger partial charge on any atom is -0.347 e. The normalized spacial score (nSPS) is 20.0. The number of rotatable bonds is 2. The van der Waals surface area contributed by atoms with E-state index in [0.29, 0.717) is 24.5 Å². The maximum Gasteiger partial charge on any atom is 0.245 e. The van der Waals surface area contributed by atoms with Crippen molar-refractivity contribution in [3.8, 4) is 0 Å². The first-order valence-electron chi connectivity index (χ1n) is 7.20. The molecule has 2 aromatic rings. The second-order valence-electron chi connectivity index (χ2n) is 5.71. The minimum atomic E-state index is -3.46. The molecule has 1 aromatic carbocycles. The van der Waals surface area contributed by atoms with Crippen LogP contribution in [0.2, 0.25) is 0 Å². The Morgan fingerprint density at radius 1 is 1.27 bits per heavy atom. The van der Waals surface area contributed by atoms with E-state index in [-0.39, 0.29) is 18.4 Å². The number of nitrogens with zero attached hydrogens (tertiary/aromatic N) is 2. The molecule has 3 rings (SSSR count). The number of aromatic nitrogens is 1. The zero-order valence-corrected chi connectivity index (χ0v) is 14.7. The van der Waals surface area contributed by atoms with Crippen molar-refractivity contribution in [2.75, 3.05) is 19.6 Å². The molecule has 0 aliphatic carbocycles. The van der Waals surface area contributed by atoms with Gasteiger partial charge in [-0.15, -0.1) is 12.4 Å². The van der Waals surface area contributed by atoms with Gasteiger partial charge in [-0.3, -0.25) is 0 Å². The van der Waals surface area contributed by atoms with E-state index in [1.54, 1.807) is 4.31 Å². The van der Waals surface area contributed by atoms with E-state index in [0.717, 1.165) is 16.6 Å². The zero-order chi connectivity index (χ0) is 15.2. The summed E-state index contributed by atoms with van der Waals surface area (Å²) in [5.41, 5.74) is 1.75. The molecule has 1 aliphatic rings. The van der Waals surface area contributed by atoms with Crippen LogP contribution in [-0.4, -0.2) is 43.0 Å². The van der Waals surface area contributed by atoms with Crippen LogP contribution in [-0.2, 0) is 17.1 Å². The Morgan fingerprint density at radius 2 is 1.95 bits per heavy atom. The third kappa shape index (κ3) is 2.65. The molecule has 0 bridgehead atoms. The summed E-state index contributed by atoms with van der Waals surface area (Å²) in [5, 5.41) is 4.09. The number of fused-ring (bicyclic) bond motifs is 1. The highest BCUT2D eigenvalue weighted by Gasteiger charge is 2.32. The summed E-state index contributed by atoms with van der Waals surface area (Å²) >= 11 is 0. The summed E-state index contributed by atoms with van der Waals surface area (Å²) in [7, 11) is -1.55. The van der Waals surface area contributed by atoms with Crippen LogP contribution < -0.4 is 5.32 Å². The van der Waals surface area contributed by atoms with Crippen LogP contribution >= 0.6 is 12.4 Å². The van der Waals surface area contributed by atoms with Gasteiger partial charge in [-0.1, -0.05) is 18.2 Å². The minimum absolute atomic E-state index is 0. The molecule has 0 saturated carbocycles. The van der Waals surface area contributed by atoms with Crippen molar-refractivity contribution in [3.05, 3.63) is 30.0 Å². The largest absolute Gasteiger partial charge is 0.347 e. The fourth-order valence-electron chi connectivity index (χ4n) is 3.06.